The molecule has 0 saturated carbocycles. The molecule has 0 saturated heterocycles. The van der Waals surface area contributed by atoms with Crippen LogP contribution in [0, 0.1) is 20.2 Å². The van der Waals surface area contributed by atoms with Crippen LogP contribution in [0.5, 0.6) is 0 Å². The van der Waals surface area contributed by atoms with E-state index in [2.05, 4.69) is 25.8 Å². The van der Waals surface area contributed by atoms with Crippen LogP contribution in [0.2, 0.25) is 0 Å². The van der Waals surface area contributed by atoms with Gasteiger partial charge in [-0.2, -0.15) is 0 Å². The van der Waals surface area contributed by atoms with Crippen LogP contribution in [0.15, 0.2) is 85.3 Å². The molecule has 0 atom stereocenters. The van der Waals surface area contributed by atoms with Gasteiger partial charge in [0, 0.05) is 18.3 Å². The molecule has 186 valence electrons. The van der Waals surface area contributed by atoms with Gasteiger partial charge in [-0.15, -0.1) is 0 Å². The van der Waals surface area contributed by atoms with E-state index in [4.69, 9.17) is 0 Å². The molecule has 2 aromatic heterocycles. The quantitative estimate of drug-likeness (QED) is 0.242. The number of aromatic nitrogens is 3. The van der Waals surface area contributed by atoms with Crippen molar-refractivity contribution >= 4 is 34.7 Å². The normalized spacial score (nSPS) is 10.4. The van der Waals surface area contributed by atoms with E-state index in [1.54, 1.807) is 29.3 Å². The first-order valence-corrected chi connectivity index (χ1v) is 10.9. The molecule has 4 aromatic rings. The number of non-ortho nitro benzene ring substituents is 1. The number of hydrazine groups is 1. The molecule has 0 aliphatic rings. The van der Waals surface area contributed by atoms with E-state index in [-0.39, 0.29) is 30.3 Å². The summed E-state index contributed by atoms with van der Waals surface area (Å²) in [5, 5.41) is 22.9. The summed E-state index contributed by atoms with van der Waals surface area (Å²) in [7, 11) is 0. The molecule has 37 heavy (non-hydrogen) atoms. The Hall–Kier alpha value is -5.46. The molecule has 0 aliphatic heterocycles. The van der Waals surface area contributed by atoms with E-state index in [1.807, 2.05) is 30.3 Å². The molecule has 0 aliphatic carbocycles. The van der Waals surface area contributed by atoms with Gasteiger partial charge in [-0.3, -0.25) is 35.9 Å². The van der Waals surface area contributed by atoms with Crippen LogP contribution in [0.4, 0.5) is 28.8 Å². The molecule has 4 rings (SSSR count). The smallest absolute Gasteiger partial charge is 0.301 e. The number of nitrogens with one attached hydrogen (secondary N) is 2. The number of pyridine rings is 1. The number of nitrogens with zero attached hydrogens (tertiary/aromatic N) is 6. The van der Waals surface area contributed by atoms with Gasteiger partial charge in [0.05, 0.1) is 22.8 Å². The Kier molecular flexibility index (Phi) is 7.54. The van der Waals surface area contributed by atoms with Gasteiger partial charge in [0.2, 0.25) is 17.5 Å². The average molecular weight is 500 g/mol. The van der Waals surface area contributed by atoms with Crippen molar-refractivity contribution in [3.05, 3.63) is 117 Å². The average Bonchev–Trinajstić information content (AvgIpc) is 2.91. The zero-order valence-corrected chi connectivity index (χ0v) is 19.2. The molecule has 0 bridgehead atoms. The molecule has 0 unspecified atom stereocenters. The molecule has 0 radical (unpaired) electrons. The number of carbonyl (C=O) groups is 1. The van der Waals surface area contributed by atoms with Crippen molar-refractivity contribution in [3.63, 3.8) is 0 Å². The minimum absolute atomic E-state index is 0.0188. The summed E-state index contributed by atoms with van der Waals surface area (Å²) in [6, 6.07) is 20.0. The fraction of sp³-hybridized carbons (Fsp3) is 0.0833. The van der Waals surface area contributed by atoms with Crippen molar-refractivity contribution in [2.45, 2.75) is 13.0 Å². The fourth-order valence-corrected chi connectivity index (χ4v) is 3.46. The highest BCUT2D eigenvalue weighted by atomic mass is 16.6. The third-order valence-electron chi connectivity index (χ3n) is 5.18. The summed E-state index contributed by atoms with van der Waals surface area (Å²) in [4.78, 5) is 48.2. The first kappa shape index (κ1) is 24.7. The van der Waals surface area contributed by atoms with Crippen LogP contribution < -0.4 is 15.8 Å². The van der Waals surface area contributed by atoms with Crippen LogP contribution in [-0.2, 0) is 17.8 Å². The Morgan fingerprint density at radius 1 is 0.838 bits per heavy atom. The van der Waals surface area contributed by atoms with Gasteiger partial charge in [0.25, 0.3) is 5.69 Å². The van der Waals surface area contributed by atoms with Gasteiger partial charge >= 0.3 is 5.69 Å². The van der Waals surface area contributed by atoms with E-state index in [9.17, 15) is 25.0 Å². The molecule has 2 heterocycles. The first-order valence-electron chi connectivity index (χ1n) is 10.9. The number of nitro groups is 2. The number of amides is 1. The Morgan fingerprint density at radius 3 is 2.22 bits per heavy atom. The lowest BCUT2D eigenvalue weighted by Gasteiger charge is -2.23. The maximum absolute atomic E-state index is 12.4. The number of rotatable bonds is 10. The van der Waals surface area contributed by atoms with Gasteiger partial charge in [0.1, 0.15) is 12.1 Å². The van der Waals surface area contributed by atoms with Crippen LogP contribution in [0.25, 0.3) is 0 Å². The highest BCUT2D eigenvalue weighted by Gasteiger charge is 2.29. The Labute approximate surface area is 210 Å². The SMILES string of the molecule is O=C(Cc1ccc([N+](=O)[O-])cc1)NNc1ncnc(N(Cc2ccccc2)c2ccccn2)c1[N+](=O)[O-]. The first-order chi connectivity index (χ1) is 17.9. The van der Waals surface area contributed by atoms with Gasteiger partial charge in [-0.25, -0.2) is 15.0 Å². The van der Waals surface area contributed by atoms with E-state index in [1.165, 1.54) is 24.3 Å². The van der Waals surface area contributed by atoms with E-state index >= 15 is 0 Å². The monoisotopic (exact) mass is 500 g/mol. The Balaban J connectivity index is 1.58. The van der Waals surface area contributed by atoms with E-state index < -0.39 is 21.4 Å². The number of hydrogen-bond acceptors (Lipinski definition) is 10. The third-order valence-corrected chi connectivity index (χ3v) is 5.18. The molecule has 0 spiro atoms. The highest BCUT2D eigenvalue weighted by molar-refractivity contribution is 5.81. The summed E-state index contributed by atoms with van der Waals surface area (Å²) in [6.45, 7) is 0.238. The number of nitro benzene ring substituents is 1. The van der Waals surface area contributed by atoms with Gasteiger partial charge in [-0.1, -0.05) is 48.5 Å². The predicted octanol–water partition coefficient (Wildman–Crippen LogP) is 3.71. The van der Waals surface area contributed by atoms with Crippen molar-refractivity contribution in [2.24, 2.45) is 0 Å². The lowest BCUT2D eigenvalue weighted by Crippen LogP contribution is -2.32. The molecular weight excluding hydrogens is 480 g/mol. The summed E-state index contributed by atoms with van der Waals surface area (Å²) in [5.74, 6) is -0.341. The van der Waals surface area contributed by atoms with Crippen molar-refractivity contribution < 1.29 is 14.6 Å². The van der Waals surface area contributed by atoms with Gasteiger partial charge in [-0.05, 0) is 23.3 Å². The summed E-state index contributed by atoms with van der Waals surface area (Å²) >= 11 is 0. The van der Waals surface area contributed by atoms with Crippen molar-refractivity contribution in [1.29, 1.82) is 0 Å². The summed E-state index contributed by atoms with van der Waals surface area (Å²) < 4.78 is 0. The van der Waals surface area contributed by atoms with E-state index in [0.29, 0.717) is 11.4 Å². The second kappa shape index (κ2) is 11.3. The second-order valence-corrected chi connectivity index (χ2v) is 7.68. The van der Waals surface area contributed by atoms with Crippen LogP contribution in [0.1, 0.15) is 11.1 Å². The van der Waals surface area contributed by atoms with E-state index in [0.717, 1.165) is 11.9 Å². The van der Waals surface area contributed by atoms with Gasteiger partial charge in [0.15, 0.2) is 0 Å². The van der Waals surface area contributed by atoms with Crippen LogP contribution in [0.3, 0.4) is 0 Å². The maximum Gasteiger partial charge on any atom is 0.355 e. The standard InChI is InChI=1S/C24H20N8O5/c33-21(14-17-9-11-19(12-10-17)31(34)35)28-29-23-22(32(36)37)24(27-16-26-23)30(20-8-4-5-13-25-20)15-18-6-2-1-3-7-18/h1-13,16H,14-15H2,(H,28,33)(H,26,27,29). The molecule has 13 nitrogen and oxygen atoms in total. The molecule has 2 N–H and O–H groups in total. The molecular formula is C24H20N8O5. The van der Waals surface area contributed by atoms with Crippen LogP contribution >= 0.6 is 0 Å². The number of anilines is 3. The van der Waals surface area contributed by atoms with Crippen molar-refractivity contribution in [3.8, 4) is 0 Å². The minimum Gasteiger partial charge on any atom is -0.301 e. The second-order valence-electron chi connectivity index (χ2n) is 7.68. The topological polar surface area (TPSA) is 169 Å². The number of carbonyl (C=O) groups excluding carboxylic acids is 1. The fourth-order valence-electron chi connectivity index (χ4n) is 3.46. The maximum atomic E-state index is 12.4. The van der Waals surface area contributed by atoms with Crippen molar-refractivity contribution in [2.75, 3.05) is 10.3 Å². The lowest BCUT2D eigenvalue weighted by molar-refractivity contribution is -0.384. The molecule has 2 aromatic carbocycles. The zero-order chi connectivity index (χ0) is 26.2. The van der Waals surface area contributed by atoms with Gasteiger partial charge < -0.3 is 4.90 Å². The summed E-state index contributed by atoms with van der Waals surface area (Å²) in [5.41, 5.74) is 5.72. The predicted molar refractivity (Wildman–Crippen MR) is 134 cm³/mol. The molecule has 13 heteroatoms. The number of hydrogen-bond donors (Lipinski definition) is 2. The highest BCUT2D eigenvalue weighted by Crippen LogP contribution is 2.35. The Morgan fingerprint density at radius 2 is 1.57 bits per heavy atom. The van der Waals surface area contributed by atoms with Crippen LogP contribution in [-0.4, -0.2) is 30.7 Å². The molecule has 1 amide bonds. The zero-order valence-electron chi connectivity index (χ0n) is 19.2. The minimum atomic E-state index is -0.638. The lowest BCUT2D eigenvalue weighted by atomic mass is 10.1. The Bertz CT molecular complexity index is 1400. The third kappa shape index (κ3) is 6.16. The number of benzene rings is 2. The molecule has 0 fully saturated rings. The largest absolute Gasteiger partial charge is 0.355 e. The van der Waals surface area contributed by atoms with Crippen molar-refractivity contribution in [1.82, 2.24) is 20.4 Å². The summed E-state index contributed by atoms with van der Waals surface area (Å²) in [6.07, 6.45) is 2.59.